The number of amides is 4. The molecule has 0 spiro atoms. The monoisotopic (exact) mass is 884 g/mol. The molecule has 0 aromatic heterocycles. The molecule has 2 aliphatic heterocycles. The molecule has 0 saturated carbocycles. The molecule has 6 rings (SSSR count). The average Bonchev–Trinajstić information content (AvgIpc) is 3.42. The van der Waals surface area contributed by atoms with E-state index in [1.165, 1.54) is 24.3 Å². The van der Waals surface area contributed by atoms with Crippen molar-refractivity contribution in [2.75, 3.05) is 0 Å². The molecule has 12 nitrogen and oxygen atoms in total. The fourth-order valence-corrected chi connectivity index (χ4v) is 8.33. The first-order valence-electron chi connectivity index (χ1n) is 13.9. The van der Waals surface area contributed by atoms with E-state index in [0.29, 0.717) is 11.1 Å². The van der Waals surface area contributed by atoms with Crippen LogP contribution in [-0.2, 0) is 31.4 Å². The summed E-state index contributed by atoms with van der Waals surface area (Å²) in [5.41, 5.74) is -0.525. The average molecular weight is 887 g/mol. The Hall–Kier alpha value is -1.02. The van der Waals surface area contributed by atoms with E-state index in [1.54, 1.807) is 84.9 Å². The van der Waals surface area contributed by atoms with E-state index >= 15 is 0 Å². The van der Waals surface area contributed by atoms with Gasteiger partial charge in [0, 0.05) is 68.0 Å². The summed E-state index contributed by atoms with van der Waals surface area (Å²) in [6, 6.07) is 28.3. The summed E-state index contributed by atoms with van der Waals surface area (Å²) in [5, 5.41) is 0. The molecule has 0 unspecified atom stereocenters. The molecular formula is C30H24Cl6N6Na2O6S2. The fraction of sp³-hybridized carbons (Fsp3) is 0.133. The zero-order chi connectivity index (χ0) is 37.1. The first-order chi connectivity index (χ1) is 23.5. The maximum atomic E-state index is 12.8. The van der Waals surface area contributed by atoms with Crippen molar-refractivity contribution in [3.05, 3.63) is 140 Å². The zero-order valence-corrected chi connectivity index (χ0v) is 37.8. The number of sulfonamides is 2. The number of carbonyl (C=O) groups is 2. The first-order valence-corrected chi connectivity index (χ1v) is 18.8. The van der Waals surface area contributed by atoms with E-state index in [4.69, 9.17) is 70.7 Å². The normalized spacial score (nSPS) is 19.4. The summed E-state index contributed by atoms with van der Waals surface area (Å²) in [7, 11) is -7.25. The van der Waals surface area contributed by atoms with Crippen LogP contribution in [0.3, 0.4) is 0 Å². The third kappa shape index (κ3) is 8.68. The molecule has 0 atom stereocenters. The maximum Gasteiger partial charge on any atom is 1.00 e. The van der Waals surface area contributed by atoms with Crippen molar-refractivity contribution in [2.24, 2.45) is 0 Å². The second-order valence-corrected chi connectivity index (χ2v) is 15.8. The number of benzene rings is 4. The topological polar surface area (TPSA) is 144 Å². The smallest absolute Gasteiger partial charge is 0.458 e. The molecule has 0 radical (unpaired) electrons. The molecule has 22 heteroatoms. The molecule has 2 saturated heterocycles. The minimum atomic E-state index is -3.62. The van der Waals surface area contributed by atoms with Crippen molar-refractivity contribution in [1.82, 2.24) is 17.7 Å². The Morgan fingerprint density at radius 1 is 0.481 bits per heavy atom. The maximum absolute atomic E-state index is 12.8. The second kappa shape index (κ2) is 19.2. The van der Waals surface area contributed by atoms with Crippen molar-refractivity contribution in [1.29, 1.82) is 0 Å². The third-order valence-corrected chi connectivity index (χ3v) is 12.2. The van der Waals surface area contributed by atoms with Crippen molar-refractivity contribution in [3.8, 4) is 0 Å². The quantitative estimate of drug-likeness (QED) is 0.215. The largest absolute Gasteiger partial charge is 1.00 e. The van der Waals surface area contributed by atoms with Gasteiger partial charge in [0.05, 0.1) is 0 Å². The van der Waals surface area contributed by atoms with Crippen molar-refractivity contribution in [3.63, 3.8) is 0 Å². The Morgan fingerprint density at radius 2 is 0.731 bits per heavy atom. The first kappa shape index (κ1) is 47.1. The number of hydrogen-bond acceptors (Lipinski definition) is 6. The number of fused-ring (bicyclic) bond motifs is 1. The van der Waals surface area contributed by atoms with Crippen molar-refractivity contribution < 1.29 is 85.5 Å². The number of rotatable bonds is 6. The standard InChI is InChI=1S/C16H10Cl4N4O2.2C7H7ClNO2S.2Na/c17-21-13(25)23(19)16(12-9-5-2-6-10-12)15(21,11-7-3-1-4-8-11)22(18)14(26)24(16)20;2*1-6-2-4-7(5-3-6)12(10,11)9-8;;/h1-10H;2*2-5H,1H3;;/q;2*-1;2*+1. The van der Waals surface area contributed by atoms with Gasteiger partial charge < -0.3 is 8.48 Å². The van der Waals surface area contributed by atoms with E-state index in [-0.39, 0.29) is 68.9 Å². The van der Waals surface area contributed by atoms with Crippen LogP contribution in [0.2, 0.25) is 0 Å². The molecule has 4 aromatic rings. The van der Waals surface area contributed by atoms with Crippen LogP contribution in [0, 0.1) is 13.8 Å². The van der Waals surface area contributed by atoms with Crippen LogP contribution in [0.25, 0.3) is 8.48 Å². The Balaban J connectivity index is 0.000000303. The van der Waals surface area contributed by atoms with E-state index in [2.05, 4.69) is 8.48 Å². The van der Waals surface area contributed by atoms with Gasteiger partial charge in [-0.25, -0.2) is 26.4 Å². The Bertz CT molecular complexity index is 1890. The van der Waals surface area contributed by atoms with Gasteiger partial charge in [-0.3, -0.25) is 23.6 Å². The number of aryl methyl sites for hydroxylation is 2. The SMILES string of the molecule is Cc1ccc(S(=O)(=O)[N-]Cl)cc1.Cc1ccc(S(=O)(=O)[N-]Cl)cc1.O=C1N(Cl)C2(c3ccccc3)N(Cl)C(=O)N(Cl)C2(c2ccccc2)N1Cl.[Na+].[Na+]. The van der Waals surface area contributed by atoms with Crippen LogP contribution in [0.5, 0.6) is 0 Å². The molecule has 2 aliphatic rings. The van der Waals surface area contributed by atoms with Crippen molar-refractivity contribution in [2.45, 2.75) is 35.0 Å². The molecule has 4 amide bonds. The van der Waals surface area contributed by atoms with Crippen LogP contribution >= 0.6 is 70.7 Å². The van der Waals surface area contributed by atoms with E-state index in [0.717, 1.165) is 28.8 Å². The molecule has 52 heavy (non-hydrogen) atoms. The van der Waals surface area contributed by atoms with Gasteiger partial charge in [0.15, 0.2) is 0 Å². The Kier molecular flexibility index (Phi) is 17.4. The summed E-state index contributed by atoms with van der Waals surface area (Å²) < 4.78 is 52.8. The van der Waals surface area contributed by atoms with Gasteiger partial charge in [-0.05, 0) is 38.1 Å². The molecule has 0 bridgehead atoms. The molecule has 2 fully saturated rings. The summed E-state index contributed by atoms with van der Waals surface area (Å²) in [6.45, 7) is 3.74. The van der Waals surface area contributed by atoms with Crippen LogP contribution in [0.15, 0.2) is 119 Å². The number of nitrogens with zero attached hydrogens (tertiary/aromatic N) is 6. The molecule has 266 valence electrons. The number of urea groups is 2. The molecule has 2 heterocycles. The predicted molar refractivity (Wildman–Crippen MR) is 193 cm³/mol. The summed E-state index contributed by atoms with van der Waals surface area (Å²) >= 11 is 35.4. The molecule has 0 N–H and O–H groups in total. The minimum absolute atomic E-state index is 0. The summed E-state index contributed by atoms with van der Waals surface area (Å²) in [6.07, 6.45) is 0. The van der Waals surface area contributed by atoms with Crippen LogP contribution < -0.4 is 59.1 Å². The fourth-order valence-electron chi connectivity index (χ4n) is 5.11. The van der Waals surface area contributed by atoms with Gasteiger partial charge in [-0.15, -0.1) is 0 Å². The van der Waals surface area contributed by atoms with E-state index in [9.17, 15) is 26.4 Å². The van der Waals surface area contributed by atoms with Gasteiger partial charge in [0.2, 0.25) is 11.3 Å². The number of halogens is 6. The van der Waals surface area contributed by atoms with Crippen LogP contribution in [0.1, 0.15) is 22.3 Å². The van der Waals surface area contributed by atoms with E-state index in [1.807, 2.05) is 13.8 Å². The number of hydrogen-bond donors (Lipinski definition) is 0. The molecule has 4 aromatic carbocycles. The Labute approximate surface area is 376 Å². The van der Waals surface area contributed by atoms with Gasteiger partial charge in [-0.1, -0.05) is 96.1 Å². The van der Waals surface area contributed by atoms with E-state index < -0.39 is 43.4 Å². The minimum Gasteiger partial charge on any atom is -0.458 e. The second-order valence-electron chi connectivity index (χ2n) is 10.5. The van der Waals surface area contributed by atoms with Gasteiger partial charge in [-0.2, -0.15) is 17.7 Å². The zero-order valence-electron chi connectivity index (χ0n) is 27.6. The third-order valence-electron chi connectivity index (χ3n) is 7.47. The van der Waals surface area contributed by atoms with Crippen LogP contribution in [0.4, 0.5) is 9.59 Å². The van der Waals surface area contributed by atoms with Gasteiger partial charge in [0.25, 0.3) is 0 Å². The summed E-state index contributed by atoms with van der Waals surface area (Å²) in [4.78, 5) is 25.8. The Morgan fingerprint density at radius 3 is 0.962 bits per heavy atom. The van der Waals surface area contributed by atoms with Gasteiger partial charge >= 0.3 is 71.2 Å². The molecule has 0 aliphatic carbocycles. The number of carbonyl (C=O) groups excluding carboxylic acids is 2. The predicted octanol–water partition coefficient (Wildman–Crippen LogP) is 3.21. The molecular weight excluding hydrogens is 863 g/mol. The van der Waals surface area contributed by atoms with Crippen molar-refractivity contribution >= 4 is 103 Å². The van der Waals surface area contributed by atoms with Gasteiger partial charge in [0.1, 0.15) is 20.0 Å². The van der Waals surface area contributed by atoms with Crippen LogP contribution in [-0.4, -0.2) is 46.6 Å². The summed E-state index contributed by atoms with van der Waals surface area (Å²) in [5.74, 6) is 0.